The molecular formula is C20H32O3. The second-order valence-electron chi connectivity index (χ2n) is 9.56. The molecule has 3 saturated carbocycles. The van der Waals surface area contributed by atoms with E-state index in [4.69, 9.17) is 4.74 Å². The van der Waals surface area contributed by atoms with Crippen LogP contribution >= 0.6 is 0 Å². The highest BCUT2D eigenvalue weighted by atomic mass is 16.6. The van der Waals surface area contributed by atoms with Gasteiger partial charge in [-0.25, -0.2) is 0 Å². The first kappa shape index (κ1) is 16.1. The van der Waals surface area contributed by atoms with Crippen LogP contribution < -0.4 is 0 Å². The lowest BCUT2D eigenvalue weighted by Gasteiger charge is -2.58. The van der Waals surface area contributed by atoms with Gasteiger partial charge in [0.15, 0.2) is 0 Å². The molecule has 3 heteroatoms. The van der Waals surface area contributed by atoms with E-state index in [-0.39, 0.29) is 23.2 Å². The normalized spacial score (nSPS) is 54.1. The Morgan fingerprint density at radius 1 is 1.30 bits per heavy atom. The molecule has 0 aromatic rings. The molecule has 3 aliphatic carbocycles. The molecule has 4 fully saturated rings. The summed E-state index contributed by atoms with van der Waals surface area (Å²) in [5.41, 5.74) is 1.03. The van der Waals surface area contributed by atoms with Crippen molar-refractivity contribution in [3.05, 3.63) is 12.2 Å². The van der Waals surface area contributed by atoms with Crippen molar-refractivity contribution in [2.45, 2.75) is 77.3 Å². The van der Waals surface area contributed by atoms with Crippen molar-refractivity contribution in [3.63, 3.8) is 0 Å². The second-order valence-corrected chi connectivity index (χ2v) is 9.56. The van der Waals surface area contributed by atoms with Crippen LogP contribution in [0.4, 0.5) is 0 Å². The monoisotopic (exact) mass is 320 g/mol. The quantitative estimate of drug-likeness (QED) is 0.618. The Balaban J connectivity index is 1.48. The molecule has 0 bridgehead atoms. The average Bonchev–Trinajstić information content (AvgIpc) is 2.87. The summed E-state index contributed by atoms with van der Waals surface area (Å²) in [6, 6.07) is 0. The summed E-state index contributed by atoms with van der Waals surface area (Å²) in [5, 5.41) is 21.2. The smallest absolute Gasteiger partial charge is 0.113 e. The number of hydrogen-bond donors (Lipinski definition) is 2. The second kappa shape index (κ2) is 4.83. The number of fused-ring (bicyclic) bond motifs is 4. The Bertz CT molecular complexity index is 527. The minimum absolute atomic E-state index is 0.0588. The van der Waals surface area contributed by atoms with E-state index >= 15 is 0 Å². The number of ether oxygens (including phenoxy) is 1. The van der Waals surface area contributed by atoms with Gasteiger partial charge >= 0.3 is 0 Å². The van der Waals surface area contributed by atoms with Crippen molar-refractivity contribution in [2.75, 3.05) is 0 Å². The first-order chi connectivity index (χ1) is 10.7. The van der Waals surface area contributed by atoms with Gasteiger partial charge in [0, 0.05) is 5.41 Å². The minimum Gasteiger partial charge on any atom is -0.393 e. The molecule has 6 unspecified atom stereocenters. The van der Waals surface area contributed by atoms with Crippen molar-refractivity contribution in [2.24, 2.45) is 35.0 Å². The lowest BCUT2D eigenvalue weighted by atomic mass is 9.46. The van der Waals surface area contributed by atoms with Crippen LogP contribution in [0, 0.1) is 35.0 Å². The Morgan fingerprint density at radius 2 is 1.96 bits per heavy atom. The Hall–Kier alpha value is -0.380. The fraction of sp³-hybridized carbons (Fsp3) is 0.900. The fourth-order valence-corrected chi connectivity index (χ4v) is 6.69. The van der Waals surface area contributed by atoms with Crippen molar-refractivity contribution in [3.8, 4) is 0 Å². The average molecular weight is 320 g/mol. The summed E-state index contributed by atoms with van der Waals surface area (Å²) in [6.07, 6.45) is 3.31. The van der Waals surface area contributed by atoms with Gasteiger partial charge in [-0.05, 0) is 62.7 Å². The van der Waals surface area contributed by atoms with Gasteiger partial charge in [0.1, 0.15) is 6.10 Å². The van der Waals surface area contributed by atoms with Gasteiger partial charge in [0.05, 0.1) is 17.8 Å². The SMILES string of the molecule is C=C(CC(O)C1OC1(C)C)C1CC(O)[C@]2(C)C3CC[C@@H](C)C3[C@H]12. The van der Waals surface area contributed by atoms with Crippen molar-refractivity contribution in [1.82, 2.24) is 0 Å². The standard InChI is InChI=1S/C20H32O3/c1-10-6-7-13-16(10)17-12(9-15(22)20(13,17)5)11(2)8-14(21)18-19(3,4)23-18/h10,12-18,21-22H,2,6-9H2,1,3-5H3/t10-,12?,13?,14?,15?,16?,17+,18?,20+/m1/s1. The molecule has 2 N–H and O–H groups in total. The van der Waals surface area contributed by atoms with Crippen LogP contribution in [0.3, 0.4) is 0 Å². The lowest BCUT2D eigenvalue weighted by Crippen LogP contribution is -2.57. The molecule has 9 atom stereocenters. The van der Waals surface area contributed by atoms with Crippen LogP contribution in [-0.2, 0) is 4.74 Å². The molecule has 4 aliphatic rings. The number of epoxide rings is 1. The predicted molar refractivity (Wildman–Crippen MR) is 89.8 cm³/mol. The molecule has 0 aromatic carbocycles. The lowest BCUT2D eigenvalue weighted by molar-refractivity contribution is -0.143. The first-order valence-corrected chi connectivity index (χ1v) is 9.39. The fourth-order valence-electron chi connectivity index (χ4n) is 6.69. The van der Waals surface area contributed by atoms with Gasteiger partial charge in [-0.3, -0.25) is 0 Å². The number of hydrogen-bond acceptors (Lipinski definition) is 3. The molecule has 1 heterocycles. The summed E-state index contributed by atoms with van der Waals surface area (Å²) in [6.45, 7) is 13.1. The molecule has 0 spiro atoms. The van der Waals surface area contributed by atoms with Crippen molar-refractivity contribution >= 4 is 0 Å². The molecule has 3 nitrogen and oxygen atoms in total. The molecule has 1 aliphatic heterocycles. The van der Waals surface area contributed by atoms with Crippen LogP contribution in [0.5, 0.6) is 0 Å². The Labute approximate surface area is 140 Å². The third kappa shape index (κ3) is 2.06. The number of rotatable bonds is 4. The summed E-state index contributed by atoms with van der Waals surface area (Å²) in [5.74, 6) is 3.16. The van der Waals surface area contributed by atoms with Crippen LogP contribution in [-0.4, -0.2) is 34.1 Å². The summed E-state index contributed by atoms with van der Waals surface area (Å²) in [4.78, 5) is 0. The minimum atomic E-state index is -0.460. The van der Waals surface area contributed by atoms with Gasteiger partial charge in [-0.2, -0.15) is 0 Å². The summed E-state index contributed by atoms with van der Waals surface area (Å²) >= 11 is 0. The maximum Gasteiger partial charge on any atom is 0.113 e. The van der Waals surface area contributed by atoms with Crippen molar-refractivity contribution in [1.29, 1.82) is 0 Å². The maximum absolute atomic E-state index is 10.7. The molecular weight excluding hydrogens is 288 g/mol. The van der Waals surface area contributed by atoms with E-state index in [1.807, 2.05) is 13.8 Å². The van der Waals surface area contributed by atoms with E-state index in [2.05, 4.69) is 20.4 Å². The molecule has 130 valence electrons. The van der Waals surface area contributed by atoms with Gasteiger partial charge in [-0.15, -0.1) is 0 Å². The highest BCUT2D eigenvalue weighted by Gasteiger charge is 2.70. The van der Waals surface area contributed by atoms with Gasteiger partial charge < -0.3 is 14.9 Å². The largest absolute Gasteiger partial charge is 0.393 e. The Morgan fingerprint density at radius 3 is 2.57 bits per heavy atom. The van der Waals surface area contributed by atoms with E-state index in [1.54, 1.807) is 0 Å². The van der Waals surface area contributed by atoms with Gasteiger partial charge in [0.25, 0.3) is 0 Å². The first-order valence-electron chi connectivity index (χ1n) is 9.39. The topological polar surface area (TPSA) is 53.0 Å². The highest BCUT2D eigenvalue weighted by Crippen LogP contribution is 2.73. The van der Waals surface area contributed by atoms with E-state index in [9.17, 15) is 10.2 Å². The van der Waals surface area contributed by atoms with Gasteiger partial charge in [0.2, 0.25) is 0 Å². The molecule has 23 heavy (non-hydrogen) atoms. The van der Waals surface area contributed by atoms with E-state index in [0.717, 1.165) is 23.8 Å². The summed E-state index contributed by atoms with van der Waals surface area (Å²) < 4.78 is 5.58. The predicted octanol–water partition coefficient (Wildman–Crippen LogP) is 3.15. The molecule has 0 radical (unpaired) electrons. The van der Waals surface area contributed by atoms with Crippen LogP contribution in [0.2, 0.25) is 0 Å². The van der Waals surface area contributed by atoms with Crippen molar-refractivity contribution < 1.29 is 14.9 Å². The van der Waals surface area contributed by atoms with Crippen LogP contribution in [0.15, 0.2) is 12.2 Å². The molecule has 1 saturated heterocycles. The number of aliphatic hydroxyl groups excluding tert-OH is 2. The maximum atomic E-state index is 10.7. The molecule has 0 amide bonds. The van der Waals surface area contributed by atoms with Gasteiger partial charge in [-0.1, -0.05) is 32.4 Å². The molecule has 4 rings (SSSR count). The zero-order valence-corrected chi connectivity index (χ0v) is 15.0. The van der Waals surface area contributed by atoms with E-state index in [0.29, 0.717) is 24.2 Å². The number of aliphatic hydroxyl groups is 2. The van der Waals surface area contributed by atoms with E-state index in [1.165, 1.54) is 12.8 Å². The zero-order chi connectivity index (χ0) is 16.7. The van der Waals surface area contributed by atoms with Crippen LogP contribution in [0.1, 0.15) is 53.4 Å². The Kier molecular flexibility index (Phi) is 3.38. The third-order valence-electron chi connectivity index (χ3n) is 8.02. The zero-order valence-electron chi connectivity index (χ0n) is 15.0. The van der Waals surface area contributed by atoms with Crippen LogP contribution in [0.25, 0.3) is 0 Å². The van der Waals surface area contributed by atoms with E-state index < -0.39 is 6.10 Å². The summed E-state index contributed by atoms with van der Waals surface area (Å²) in [7, 11) is 0. The third-order valence-corrected chi connectivity index (χ3v) is 8.02. The molecule has 0 aromatic heterocycles. The highest BCUT2D eigenvalue weighted by molar-refractivity contribution is 5.24.